The van der Waals surface area contributed by atoms with Crippen LogP contribution in [0.1, 0.15) is 44.9 Å². The number of hydrogen-bond acceptors (Lipinski definition) is 4. The third kappa shape index (κ3) is 1.91. The van der Waals surface area contributed by atoms with Gasteiger partial charge < -0.3 is 20.4 Å². The normalized spacial score (nSPS) is 52.0. The first-order valence-electron chi connectivity index (χ1n) is 5.76. The molecule has 2 fully saturated rings. The average molecular weight is 216 g/mol. The Balaban J connectivity index is 2.13. The second-order valence-electron chi connectivity index (χ2n) is 5.21. The molecule has 0 bridgehead atoms. The summed E-state index contributed by atoms with van der Waals surface area (Å²) in [5.74, 6) is 0. The first kappa shape index (κ1) is 11.3. The van der Waals surface area contributed by atoms with Crippen LogP contribution in [0.4, 0.5) is 0 Å². The van der Waals surface area contributed by atoms with Crippen molar-refractivity contribution in [3.05, 3.63) is 0 Å². The highest BCUT2D eigenvalue weighted by molar-refractivity contribution is 5.06. The molecule has 0 aromatic carbocycles. The van der Waals surface area contributed by atoms with E-state index >= 15 is 0 Å². The highest BCUT2D eigenvalue weighted by atomic mass is 16.4. The Morgan fingerprint density at radius 3 is 1.80 bits per heavy atom. The molecule has 0 heterocycles. The number of hydrogen-bond donors (Lipinski definition) is 4. The molecule has 88 valence electrons. The molecule has 4 atom stereocenters. The van der Waals surface area contributed by atoms with E-state index in [-0.39, 0.29) is 12.8 Å². The molecule has 0 saturated heterocycles. The molecule has 2 aliphatic rings. The molecular formula is C11H20O4. The second-order valence-corrected chi connectivity index (χ2v) is 5.21. The third-order valence-corrected chi connectivity index (χ3v) is 4.03. The molecule has 2 aliphatic carbocycles. The van der Waals surface area contributed by atoms with Crippen LogP contribution in [0.25, 0.3) is 0 Å². The van der Waals surface area contributed by atoms with Gasteiger partial charge in [0.05, 0.1) is 23.4 Å². The second kappa shape index (κ2) is 3.70. The molecule has 2 saturated carbocycles. The van der Waals surface area contributed by atoms with Gasteiger partial charge in [0.15, 0.2) is 0 Å². The van der Waals surface area contributed by atoms with E-state index in [0.717, 1.165) is 6.42 Å². The summed E-state index contributed by atoms with van der Waals surface area (Å²) < 4.78 is 0. The smallest absolute Gasteiger partial charge is 0.0959 e. The van der Waals surface area contributed by atoms with Crippen LogP contribution in [-0.2, 0) is 0 Å². The van der Waals surface area contributed by atoms with Gasteiger partial charge in [-0.25, -0.2) is 0 Å². The monoisotopic (exact) mass is 216 g/mol. The van der Waals surface area contributed by atoms with Crippen LogP contribution in [0.15, 0.2) is 0 Å². The molecule has 0 aliphatic heterocycles. The van der Waals surface area contributed by atoms with Crippen LogP contribution in [-0.4, -0.2) is 43.8 Å². The van der Waals surface area contributed by atoms with E-state index < -0.39 is 23.4 Å². The van der Waals surface area contributed by atoms with Gasteiger partial charge in [-0.1, -0.05) is 0 Å². The van der Waals surface area contributed by atoms with Crippen molar-refractivity contribution in [3.63, 3.8) is 0 Å². The van der Waals surface area contributed by atoms with E-state index in [9.17, 15) is 20.4 Å². The van der Waals surface area contributed by atoms with Crippen molar-refractivity contribution in [2.24, 2.45) is 0 Å². The molecule has 4 N–H and O–H groups in total. The zero-order valence-electron chi connectivity index (χ0n) is 8.89. The van der Waals surface area contributed by atoms with E-state index in [4.69, 9.17) is 0 Å². The van der Waals surface area contributed by atoms with E-state index in [0.29, 0.717) is 25.7 Å². The Labute approximate surface area is 89.6 Å². The zero-order valence-corrected chi connectivity index (χ0v) is 8.89. The van der Waals surface area contributed by atoms with Crippen molar-refractivity contribution < 1.29 is 20.4 Å². The standard InChI is InChI=1S/C11H20O4/c12-8-2-1-4-10(14,6-8)11(15)5-3-9(13)7-11/h8-9,12-15H,1-7H2. The van der Waals surface area contributed by atoms with Crippen molar-refractivity contribution in [1.82, 2.24) is 0 Å². The molecule has 0 spiro atoms. The van der Waals surface area contributed by atoms with Crippen molar-refractivity contribution in [3.8, 4) is 0 Å². The quantitative estimate of drug-likeness (QED) is 0.494. The van der Waals surface area contributed by atoms with E-state index in [1.165, 1.54) is 0 Å². The molecule has 0 aromatic heterocycles. The molecule has 4 unspecified atom stereocenters. The van der Waals surface area contributed by atoms with Crippen LogP contribution in [0.5, 0.6) is 0 Å². The fraction of sp³-hybridized carbons (Fsp3) is 1.00. The van der Waals surface area contributed by atoms with Crippen LogP contribution >= 0.6 is 0 Å². The predicted molar refractivity (Wildman–Crippen MR) is 54.2 cm³/mol. The van der Waals surface area contributed by atoms with Gasteiger partial charge in [-0.05, 0) is 32.1 Å². The SMILES string of the molecule is OC1CCCC(O)(C2(O)CCC(O)C2)C1. The van der Waals surface area contributed by atoms with E-state index in [1.54, 1.807) is 0 Å². The summed E-state index contributed by atoms with van der Waals surface area (Å²) in [5, 5.41) is 39.7. The van der Waals surface area contributed by atoms with Crippen LogP contribution < -0.4 is 0 Å². The van der Waals surface area contributed by atoms with Gasteiger partial charge in [0.1, 0.15) is 0 Å². The highest BCUT2D eigenvalue weighted by Gasteiger charge is 2.54. The molecule has 2 rings (SSSR count). The summed E-state index contributed by atoms with van der Waals surface area (Å²) in [4.78, 5) is 0. The Bertz CT molecular complexity index is 245. The fourth-order valence-corrected chi connectivity index (χ4v) is 3.07. The maximum absolute atomic E-state index is 10.4. The lowest BCUT2D eigenvalue weighted by molar-refractivity contribution is -0.182. The lowest BCUT2D eigenvalue weighted by Gasteiger charge is -2.45. The van der Waals surface area contributed by atoms with Gasteiger partial charge in [-0.2, -0.15) is 0 Å². The predicted octanol–water partition coefficient (Wildman–Crippen LogP) is -0.0717. The van der Waals surface area contributed by atoms with Gasteiger partial charge in [0.2, 0.25) is 0 Å². The van der Waals surface area contributed by atoms with E-state index in [2.05, 4.69) is 0 Å². The summed E-state index contributed by atoms with van der Waals surface area (Å²) in [6.45, 7) is 0. The molecule has 0 radical (unpaired) electrons. The Kier molecular flexibility index (Phi) is 2.79. The lowest BCUT2D eigenvalue weighted by atomic mass is 9.71. The largest absolute Gasteiger partial charge is 0.393 e. The van der Waals surface area contributed by atoms with Crippen molar-refractivity contribution in [2.75, 3.05) is 0 Å². The van der Waals surface area contributed by atoms with Crippen LogP contribution in [0, 0.1) is 0 Å². The summed E-state index contributed by atoms with van der Waals surface area (Å²) in [7, 11) is 0. The first-order chi connectivity index (χ1) is 6.95. The Morgan fingerprint density at radius 2 is 1.33 bits per heavy atom. The van der Waals surface area contributed by atoms with Gasteiger partial charge in [-0.3, -0.25) is 0 Å². The summed E-state index contributed by atoms with van der Waals surface area (Å²) in [6, 6.07) is 0. The first-order valence-corrected chi connectivity index (χ1v) is 5.76. The van der Waals surface area contributed by atoms with Gasteiger partial charge in [0, 0.05) is 12.8 Å². The molecule has 0 aromatic rings. The molecule has 15 heavy (non-hydrogen) atoms. The van der Waals surface area contributed by atoms with E-state index in [1.807, 2.05) is 0 Å². The Morgan fingerprint density at radius 1 is 0.800 bits per heavy atom. The minimum atomic E-state index is -1.21. The van der Waals surface area contributed by atoms with Crippen molar-refractivity contribution >= 4 is 0 Å². The van der Waals surface area contributed by atoms with Crippen LogP contribution in [0.3, 0.4) is 0 Å². The molecule has 0 amide bonds. The summed E-state index contributed by atoms with van der Waals surface area (Å²) in [6.07, 6.45) is 2.34. The van der Waals surface area contributed by atoms with Crippen molar-refractivity contribution in [1.29, 1.82) is 0 Å². The molecule has 4 nitrogen and oxygen atoms in total. The van der Waals surface area contributed by atoms with Gasteiger partial charge in [0.25, 0.3) is 0 Å². The van der Waals surface area contributed by atoms with Gasteiger partial charge >= 0.3 is 0 Å². The number of aliphatic hydroxyl groups excluding tert-OH is 2. The average Bonchev–Trinajstić information content (AvgIpc) is 2.47. The van der Waals surface area contributed by atoms with Crippen molar-refractivity contribution in [2.45, 2.75) is 68.4 Å². The molecular weight excluding hydrogens is 196 g/mol. The maximum Gasteiger partial charge on any atom is 0.0959 e. The minimum absolute atomic E-state index is 0.232. The lowest BCUT2D eigenvalue weighted by Crippen LogP contribution is -2.56. The zero-order chi connectivity index (χ0) is 11.1. The minimum Gasteiger partial charge on any atom is -0.393 e. The summed E-state index contributed by atoms with van der Waals surface area (Å²) in [5.41, 5.74) is -2.41. The highest BCUT2D eigenvalue weighted by Crippen LogP contribution is 2.45. The Hall–Kier alpha value is -0.160. The van der Waals surface area contributed by atoms with Crippen LogP contribution in [0.2, 0.25) is 0 Å². The topological polar surface area (TPSA) is 80.9 Å². The number of rotatable bonds is 1. The number of aliphatic hydroxyl groups is 4. The third-order valence-electron chi connectivity index (χ3n) is 4.03. The molecule has 4 heteroatoms. The van der Waals surface area contributed by atoms with Gasteiger partial charge in [-0.15, -0.1) is 0 Å². The fourth-order valence-electron chi connectivity index (χ4n) is 3.07. The maximum atomic E-state index is 10.4. The summed E-state index contributed by atoms with van der Waals surface area (Å²) >= 11 is 0.